The lowest BCUT2D eigenvalue weighted by molar-refractivity contribution is -0.137. The Balaban J connectivity index is 2.11. The van der Waals surface area contributed by atoms with E-state index >= 15 is 0 Å². The molecule has 2 rings (SSSR count). The van der Waals surface area contributed by atoms with Crippen LogP contribution in [0.2, 0.25) is 0 Å². The maximum absolute atomic E-state index is 12.6. The standard InChI is InChI=1S/C20H20F3NO3/c1-24(18(13-27-14-25)16-5-3-2-4-6-16)19(26)12-9-15-7-10-17(11-8-15)20(21,22)23/h2-12,18,25H,13-14H2,1H3/b12-9+/t18-/m0/s1. The molecule has 1 amide bonds. The third kappa shape index (κ3) is 5.94. The number of likely N-dealkylation sites (N-methyl/N-ethyl adjacent to an activating group) is 1. The highest BCUT2D eigenvalue weighted by Gasteiger charge is 2.29. The van der Waals surface area contributed by atoms with Crippen LogP contribution in [0.25, 0.3) is 6.08 Å². The zero-order valence-corrected chi connectivity index (χ0v) is 14.7. The molecule has 0 saturated heterocycles. The van der Waals surface area contributed by atoms with Crippen LogP contribution in [0, 0.1) is 0 Å². The summed E-state index contributed by atoms with van der Waals surface area (Å²) in [5.74, 6) is -0.342. The number of hydrogen-bond donors (Lipinski definition) is 1. The first-order chi connectivity index (χ1) is 12.8. The molecule has 1 N–H and O–H groups in total. The number of ether oxygens (including phenoxy) is 1. The monoisotopic (exact) mass is 379 g/mol. The van der Waals surface area contributed by atoms with Gasteiger partial charge in [-0.25, -0.2) is 0 Å². The number of halogens is 3. The second-order valence-corrected chi connectivity index (χ2v) is 5.83. The van der Waals surface area contributed by atoms with E-state index in [1.165, 1.54) is 29.2 Å². The summed E-state index contributed by atoms with van der Waals surface area (Å²) < 4.78 is 42.8. The van der Waals surface area contributed by atoms with E-state index in [9.17, 15) is 18.0 Å². The van der Waals surface area contributed by atoms with Crippen molar-refractivity contribution in [2.75, 3.05) is 20.4 Å². The molecule has 0 heterocycles. The van der Waals surface area contributed by atoms with Gasteiger partial charge in [-0.3, -0.25) is 4.79 Å². The van der Waals surface area contributed by atoms with E-state index < -0.39 is 24.6 Å². The summed E-state index contributed by atoms with van der Waals surface area (Å²) >= 11 is 0. The summed E-state index contributed by atoms with van der Waals surface area (Å²) in [5.41, 5.74) is 0.575. The molecular formula is C20H20F3NO3. The number of carbonyl (C=O) groups is 1. The molecule has 0 aliphatic carbocycles. The first-order valence-corrected chi connectivity index (χ1v) is 8.18. The maximum atomic E-state index is 12.6. The highest BCUT2D eigenvalue weighted by atomic mass is 19.4. The van der Waals surface area contributed by atoms with Crippen molar-refractivity contribution in [1.29, 1.82) is 0 Å². The predicted octanol–water partition coefficient (Wildman–Crippen LogP) is 3.88. The normalized spacial score (nSPS) is 12.9. The zero-order chi connectivity index (χ0) is 19.9. The quantitative estimate of drug-likeness (QED) is 0.587. The molecule has 0 radical (unpaired) electrons. The number of benzene rings is 2. The van der Waals surface area contributed by atoms with Crippen LogP contribution in [-0.2, 0) is 15.7 Å². The van der Waals surface area contributed by atoms with E-state index in [1.54, 1.807) is 7.05 Å². The highest BCUT2D eigenvalue weighted by molar-refractivity contribution is 5.91. The first kappa shape index (κ1) is 20.7. The van der Waals surface area contributed by atoms with Gasteiger partial charge >= 0.3 is 6.18 Å². The maximum Gasteiger partial charge on any atom is 0.416 e. The molecule has 7 heteroatoms. The van der Waals surface area contributed by atoms with Crippen LogP contribution in [0.3, 0.4) is 0 Å². The molecule has 0 aliphatic rings. The molecule has 2 aromatic carbocycles. The molecule has 144 valence electrons. The summed E-state index contributed by atoms with van der Waals surface area (Å²) in [6, 6.07) is 13.3. The van der Waals surface area contributed by atoms with Gasteiger partial charge in [0.05, 0.1) is 18.2 Å². The van der Waals surface area contributed by atoms with Crippen molar-refractivity contribution in [1.82, 2.24) is 4.90 Å². The van der Waals surface area contributed by atoms with Gasteiger partial charge in [0.15, 0.2) is 0 Å². The third-order valence-electron chi connectivity index (χ3n) is 4.02. The fraction of sp³-hybridized carbons (Fsp3) is 0.250. The molecule has 0 bridgehead atoms. The van der Waals surface area contributed by atoms with Gasteiger partial charge in [-0.15, -0.1) is 0 Å². The number of amides is 1. The van der Waals surface area contributed by atoms with E-state index in [0.717, 1.165) is 17.7 Å². The van der Waals surface area contributed by atoms with Gasteiger partial charge in [0.1, 0.15) is 6.79 Å². The Kier molecular flexibility index (Phi) is 7.15. The van der Waals surface area contributed by atoms with Crippen LogP contribution in [0.4, 0.5) is 13.2 Å². The van der Waals surface area contributed by atoms with Crippen LogP contribution < -0.4 is 0 Å². The fourth-order valence-electron chi connectivity index (χ4n) is 2.49. The third-order valence-corrected chi connectivity index (χ3v) is 4.02. The van der Waals surface area contributed by atoms with Crippen molar-refractivity contribution < 1.29 is 27.8 Å². The van der Waals surface area contributed by atoms with E-state index in [0.29, 0.717) is 5.56 Å². The van der Waals surface area contributed by atoms with Crippen LogP contribution in [0.1, 0.15) is 22.7 Å². The summed E-state index contributed by atoms with van der Waals surface area (Å²) in [6.07, 6.45) is -1.65. The van der Waals surface area contributed by atoms with Crippen molar-refractivity contribution in [2.45, 2.75) is 12.2 Å². The molecule has 4 nitrogen and oxygen atoms in total. The summed E-state index contributed by atoms with van der Waals surface area (Å²) in [4.78, 5) is 13.9. The summed E-state index contributed by atoms with van der Waals surface area (Å²) in [6.45, 7) is -0.358. The topological polar surface area (TPSA) is 49.8 Å². The predicted molar refractivity (Wildman–Crippen MR) is 95.5 cm³/mol. The minimum absolute atomic E-state index is 0.108. The largest absolute Gasteiger partial charge is 0.416 e. The number of hydrogen-bond acceptors (Lipinski definition) is 3. The molecule has 0 aliphatic heterocycles. The molecule has 27 heavy (non-hydrogen) atoms. The van der Waals surface area contributed by atoms with Gasteiger partial charge < -0.3 is 14.7 Å². The Hall–Kier alpha value is -2.64. The van der Waals surface area contributed by atoms with Crippen molar-refractivity contribution in [2.24, 2.45) is 0 Å². The molecule has 0 saturated carbocycles. The minimum Gasteiger partial charge on any atom is -0.371 e. The molecule has 1 atom stereocenters. The van der Waals surface area contributed by atoms with Gasteiger partial charge in [0, 0.05) is 13.1 Å². The average Bonchev–Trinajstić information content (AvgIpc) is 2.66. The summed E-state index contributed by atoms with van der Waals surface area (Å²) in [7, 11) is 1.60. The zero-order valence-electron chi connectivity index (χ0n) is 14.7. The Morgan fingerprint density at radius 3 is 2.33 bits per heavy atom. The highest BCUT2D eigenvalue weighted by Crippen LogP contribution is 2.29. The van der Waals surface area contributed by atoms with E-state index in [-0.39, 0.29) is 12.5 Å². The van der Waals surface area contributed by atoms with Crippen LogP contribution in [-0.4, -0.2) is 36.4 Å². The Morgan fingerprint density at radius 2 is 1.78 bits per heavy atom. The summed E-state index contributed by atoms with van der Waals surface area (Å²) in [5, 5.41) is 8.89. The Morgan fingerprint density at radius 1 is 1.15 bits per heavy atom. The van der Waals surface area contributed by atoms with Crippen molar-refractivity contribution in [3.63, 3.8) is 0 Å². The number of carbonyl (C=O) groups excluding carboxylic acids is 1. The van der Waals surface area contributed by atoms with E-state index in [2.05, 4.69) is 0 Å². The van der Waals surface area contributed by atoms with Crippen molar-refractivity contribution in [3.05, 3.63) is 77.4 Å². The second kappa shape index (κ2) is 9.34. The molecular weight excluding hydrogens is 359 g/mol. The Labute approximate surface area is 155 Å². The molecule has 0 spiro atoms. The first-order valence-electron chi connectivity index (χ1n) is 8.18. The van der Waals surface area contributed by atoms with Gasteiger partial charge in [0.2, 0.25) is 5.91 Å². The SMILES string of the molecule is CN(C(=O)/C=C/c1ccc(C(F)(F)F)cc1)[C@@H](COCO)c1ccccc1. The number of rotatable bonds is 7. The Bertz CT molecular complexity index is 758. The molecule has 0 fully saturated rings. The van der Waals surface area contributed by atoms with Gasteiger partial charge in [-0.05, 0) is 29.3 Å². The van der Waals surface area contributed by atoms with Gasteiger partial charge in [-0.1, -0.05) is 42.5 Å². The minimum atomic E-state index is -4.39. The van der Waals surface area contributed by atoms with E-state index in [4.69, 9.17) is 9.84 Å². The molecule has 0 unspecified atom stereocenters. The van der Waals surface area contributed by atoms with Crippen molar-refractivity contribution in [3.8, 4) is 0 Å². The fourth-order valence-corrected chi connectivity index (χ4v) is 2.49. The van der Waals surface area contributed by atoms with Gasteiger partial charge in [-0.2, -0.15) is 13.2 Å². The number of alkyl halides is 3. The number of aliphatic hydroxyl groups excluding tert-OH is 1. The van der Waals surface area contributed by atoms with Crippen molar-refractivity contribution >= 4 is 12.0 Å². The smallest absolute Gasteiger partial charge is 0.371 e. The number of aliphatic hydroxyl groups is 1. The lowest BCUT2D eigenvalue weighted by atomic mass is 10.1. The second-order valence-electron chi connectivity index (χ2n) is 5.83. The van der Waals surface area contributed by atoms with Gasteiger partial charge in [0.25, 0.3) is 0 Å². The lowest BCUT2D eigenvalue weighted by Crippen LogP contribution is -2.32. The number of nitrogens with zero attached hydrogens (tertiary/aromatic N) is 1. The van der Waals surface area contributed by atoms with Crippen LogP contribution in [0.15, 0.2) is 60.7 Å². The molecule has 0 aromatic heterocycles. The molecule has 2 aromatic rings. The van der Waals surface area contributed by atoms with E-state index in [1.807, 2.05) is 30.3 Å². The van der Waals surface area contributed by atoms with Crippen LogP contribution >= 0.6 is 0 Å². The lowest BCUT2D eigenvalue weighted by Gasteiger charge is -2.27. The van der Waals surface area contributed by atoms with Crippen LogP contribution in [0.5, 0.6) is 0 Å². The average molecular weight is 379 g/mol.